The highest BCUT2D eigenvalue weighted by Gasteiger charge is 2.20. The van der Waals surface area contributed by atoms with Crippen molar-refractivity contribution in [2.45, 2.75) is 89.2 Å². The quantitative estimate of drug-likeness (QED) is 0.494. The molecule has 0 bridgehead atoms. The molecule has 0 unspecified atom stereocenters. The van der Waals surface area contributed by atoms with E-state index in [9.17, 15) is 4.79 Å². The van der Waals surface area contributed by atoms with Gasteiger partial charge in [0.2, 0.25) is 0 Å². The van der Waals surface area contributed by atoms with Crippen molar-refractivity contribution in [3.05, 3.63) is 35.5 Å². The maximum absolute atomic E-state index is 9.81. The first-order valence-electron chi connectivity index (χ1n) is 10.6. The molecule has 0 aliphatic heterocycles. The lowest BCUT2D eigenvalue weighted by molar-refractivity contribution is 0.125. The molecule has 166 valence electrons. The third kappa shape index (κ3) is 8.66. The minimum absolute atomic E-state index is 0.0960. The Hall–Kier alpha value is -1.57. The molecule has 0 radical (unpaired) electrons. The predicted octanol–water partition coefficient (Wildman–Crippen LogP) is 6.74. The minimum atomic E-state index is -0.713. The third-order valence-corrected chi connectivity index (χ3v) is 6.93. The van der Waals surface area contributed by atoms with E-state index in [0.29, 0.717) is 5.92 Å². The molecule has 3 N–H and O–H groups in total. The molecule has 1 aliphatic rings. The number of benzene rings is 1. The zero-order valence-electron chi connectivity index (χ0n) is 18.7. The number of rotatable bonds is 5. The summed E-state index contributed by atoms with van der Waals surface area (Å²) in [6.45, 7) is 10.1. The molecule has 1 fully saturated rings. The first-order chi connectivity index (χ1) is 14.2. The molecule has 2 aromatic rings. The van der Waals surface area contributed by atoms with Crippen molar-refractivity contribution in [3.8, 4) is 10.4 Å². The molecule has 1 amide bonds. The lowest BCUT2D eigenvalue weighted by atomic mass is 9.90. The van der Waals surface area contributed by atoms with Crippen molar-refractivity contribution in [1.29, 1.82) is 0 Å². The summed E-state index contributed by atoms with van der Waals surface area (Å²) in [6.07, 6.45) is 8.01. The number of nitrogens with zero attached hydrogens (tertiary/aromatic N) is 1. The van der Waals surface area contributed by atoms with Crippen LogP contribution in [-0.4, -0.2) is 22.7 Å². The van der Waals surface area contributed by atoms with Gasteiger partial charge in [-0.3, -0.25) is 4.72 Å². The number of hydrogen-bond acceptors (Lipinski definition) is 6. The number of ether oxygens (including phenoxy) is 1. The van der Waals surface area contributed by atoms with E-state index in [0.717, 1.165) is 0 Å². The standard InChI is InChI=1S/C19H26N2S2.C4H9NO2/c1-19(2,3)21-23-16-12-8-7-11-15(16)17-13-20-18(22-17)14-9-5-4-6-10-14;1-3(2)7-4(5)6/h7-8,11-14,21H,4-6,9-10H2,1-3H3;3H,1-2H3,(H2,5,6). The second-order valence-corrected chi connectivity index (χ2v) is 10.7. The van der Waals surface area contributed by atoms with Gasteiger partial charge >= 0.3 is 6.09 Å². The first kappa shape index (κ1) is 24.7. The molecule has 1 aromatic heterocycles. The summed E-state index contributed by atoms with van der Waals surface area (Å²) < 4.78 is 7.91. The van der Waals surface area contributed by atoms with Gasteiger partial charge in [-0.2, -0.15) is 0 Å². The second-order valence-electron chi connectivity index (χ2n) is 8.83. The van der Waals surface area contributed by atoms with Crippen LogP contribution in [0.15, 0.2) is 35.4 Å². The smallest absolute Gasteiger partial charge is 0.404 e. The molecule has 30 heavy (non-hydrogen) atoms. The van der Waals surface area contributed by atoms with Gasteiger partial charge in [0.25, 0.3) is 0 Å². The van der Waals surface area contributed by atoms with E-state index >= 15 is 0 Å². The molecule has 1 aliphatic carbocycles. The number of nitrogens with two attached hydrogens (primary N) is 1. The van der Waals surface area contributed by atoms with Gasteiger partial charge in [0.1, 0.15) is 0 Å². The fourth-order valence-corrected chi connectivity index (χ4v) is 5.19. The van der Waals surface area contributed by atoms with Crippen LogP contribution in [0.3, 0.4) is 0 Å². The lowest BCUT2D eigenvalue weighted by Gasteiger charge is -2.20. The fourth-order valence-electron chi connectivity index (χ4n) is 3.15. The zero-order chi connectivity index (χ0) is 22.1. The molecule has 0 atom stereocenters. The number of carbonyl (C=O) groups is 1. The van der Waals surface area contributed by atoms with E-state index in [1.165, 1.54) is 52.4 Å². The number of amides is 1. The van der Waals surface area contributed by atoms with Crippen molar-refractivity contribution in [1.82, 2.24) is 9.71 Å². The highest BCUT2D eigenvalue weighted by atomic mass is 32.2. The Morgan fingerprint density at radius 3 is 2.47 bits per heavy atom. The van der Waals surface area contributed by atoms with Crippen LogP contribution >= 0.6 is 23.3 Å². The minimum Gasteiger partial charge on any atom is -0.447 e. The van der Waals surface area contributed by atoms with E-state index in [4.69, 9.17) is 4.98 Å². The summed E-state index contributed by atoms with van der Waals surface area (Å²) in [4.78, 5) is 17.1. The van der Waals surface area contributed by atoms with Crippen LogP contribution in [0.1, 0.15) is 77.6 Å². The average Bonchev–Trinajstić information content (AvgIpc) is 3.16. The van der Waals surface area contributed by atoms with Crippen LogP contribution in [-0.2, 0) is 4.74 Å². The van der Waals surface area contributed by atoms with Gasteiger partial charge in [0.15, 0.2) is 0 Å². The topological polar surface area (TPSA) is 77.2 Å². The highest BCUT2D eigenvalue weighted by molar-refractivity contribution is 7.97. The van der Waals surface area contributed by atoms with Crippen molar-refractivity contribution in [2.24, 2.45) is 5.73 Å². The molecular weight excluding hydrogens is 414 g/mol. The molecule has 7 heteroatoms. The molecule has 1 heterocycles. The van der Waals surface area contributed by atoms with E-state index in [2.05, 4.69) is 66.4 Å². The molecule has 0 spiro atoms. The summed E-state index contributed by atoms with van der Waals surface area (Å²) >= 11 is 3.61. The van der Waals surface area contributed by atoms with Gasteiger partial charge in [-0.05, 0) is 65.5 Å². The van der Waals surface area contributed by atoms with E-state index < -0.39 is 6.09 Å². The normalized spacial score (nSPS) is 14.9. The fraction of sp³-hybridized carbons (Fsp3) is 0.565. The van der Waals surface area contributed by atoms with Gasteiger partial charge in [-0.15, -0.1) is 11.3 Å². The van der Waals surface area contributed by atoms with Gasteiger partial charge in [-0.1, -0.05) is 37.5 Å². The first-order valence-corrected chi connectivity index (χ1v) is 12.2. The van der Waals surface area contributed by atoms with Crippen LogP contribution in [0.5, 0.6) is 0 Å². The van der Waals surface area contributed by atoms with Crippen LogP contribution < -0.4 is 10.5 Å². The number of carbonyl (C=O) groups excluding carboxylic acids is 1. The Labute approximate surface area is 189 Å². The summed E-state index contributed by atoms with van der Waals surface area (Å²) in [6, 6.07) is 8.64. The van der Waals surface area contributed by atoms with Gasteiger partial charge in [0.05, 0.1) is 16.0 Å². The summed E-state index contributed by atoms with van der Waals surface area (Å²) in [5.74, 6) is 0.690. The van der Waals surface area contributed by atoms with Crippen molar-refractivity contribution in [3.63, 3.8) is 0 Å². The Morgan fingerprint density at radius 2 is 1.90 bits per heavy atom. The Bertz CT molecular complexity index is 794. The van der Waals surface area contributed by atoms with Crippen molar-refractivity contribution < 1.29 is 9.53 Å². The monoisotopic (exact) mass is 449 g/mol. The Morgan fingerprint density at radius 1 is 1.23 bits per heavy atom. The molecule has 1 saturated carbocycles. The Balaban J connectivity index is 0.000000396. The summed E-state index contributed by atoms with van der Waals surface area (Å²) in [7, 11) is 0. The molecule has 3 rings (SSSR count). The highest BCUT2D eigenvalue weighted by Crippen LogP contribution is 2.39. The largest absolute Gasteiger partial charge is 0.447 e. The molecule has 1 aromatic carbocycles. The zero-order valence-corrected chi connectivity index (χ0v) is 20.4. The summed E-state index contributed by atoms with van der Waals surface area (Å²) in [5.41, 5.74) is 6.03. The lowest BCUT2D eigenvalue weighted by Crippen LogP contribution is -2.29. The predicted molar refractivity (Wildman–Crippen MR) is 128 cm³/mol. The number of hydrogen-bond donors (Lipinski definition) is 2. The van der Waals surface area contributed by atoms with E-state index in [1.807, 2.05) is 11.3 Å². The second kappa shape index (κ2) is 11.7. The number of aromatic nitrogens is 1. The van der Waals surface area contributed by atoms with E-state index in [-0.39, 0.29) is 11.6 Å². The van der Waals surface area contributed by atoms with Crippen LogP contribution in [0, 0.1) is 0 Å². The number of nitrogens with one attached hydrogen (secondary N) is 1. The van der Waals surface area contributed by atoms with Crippen LogP contribution in [0.4, 0.5) is 4.79 Å². The maximum atomic E-state index is 9.81. The number of primary amides is 1. The van der Waals surface area contributed by atoms with Crippen LogP contribution in [0.25, 0.3) is 10.4 Å². The van der Waals surface area contributed by atoms with E-state index in [1.54, 1.807) is 25.8 Å². The van der Waals surface area contributed by atoms with Gasteiger partial charge < -0.3 is 10.5 Å². The molecule has 5 nitrogen and oxygen atoms in total. The average molecular weight is 450 g/mol. The van der Waals surface area contributed by atoms with Crippen molar-refractivity contribution in [2.75, 3.05) is 0 Å². The Kier molecular flexibility index (Phi) is 9.65. The summed E-state index contributed by atoms with van der Waals surface area (Å²) in [5, 5.41) is 1.34. The SMILES string of the molecule is CC(C)(C)NSc1ccccc1-c1cnc(C2CCCCC2)s1.CC(C)OC(N)=O. The van der Waals surface area contributed by atoms with Gasteiger partial charge in [0, 0.05) is 28.1 Å². The van der Waals surface area contributed by atoms with Crippen LogP contribution in [0.2, 0.25) is 0 Å². The molecular formula is C23H35N3O2S2. The maximum Gasteiger partial charge on any atom is 0.404 e. The third-order valence-electron chi connectivity index (χ3n) is 4.45. The number of thiazole rings is 1. The van der Waals surface area contributed by atoms with Gasteiger partial charge in [-0.25, -0.2) is 9.78 Å². The van der Waals surface area contributed by atoms with Crippen molar-refractivity contribution >= 4 is 29.4 Å². The molecule has 0 saturated heterocycles.